The Morgan fingerprint density at radius 2 is 1.88 bits per heavy atom. The Bertz CT molecular complexity index is 369. The Morgan fingerprint density at radius 3 is 2.35 bits per heavy atom. The summed E-state index contributed by atoms with van der Waals surface area (Å²) in [5.41, 5.74) is 10.0. The van der Waals surface area contributed by atoms with Gasteiger partial charge in [-0.05, 0) is 56.0 Å². The third-order valence-corrected chi connectivity index (χ3v) is 3.59. The van der Waals surface area contributed by atoms with Crippen LogP contribution in [0.4, 0.5) is 0 Å². The van der Waals surface area contributed by atoms with Crippen molar-refractivity contribution in [3.63, 3.8) is 0 Å². The molecule has 0 heterocycles. The first-order chi connectivity index (χ1) is 7.89. The minimum absolute atomic E-state index is 0.173. The molecule has 1 rings (SSSR count). The second-order valence-electron chi connectivity index (χ2n) is 5.76. The highest BCUT2D eigenvalue weighted by Crippen LogP contribution is 2.29. The van der Waals surface area contributed by atoms with Crippen molar-refractivity contribution in [2.75, 3.05) is 13.6 Å². The van der Waals surface area contributed by atoms with Crippen molar-refractivity contribution in [3.8, 4) is 0 Å². The van der Waals surface area contributed by atoms with Gasteiger partial charge in [-0.1, -0.05) is 32.0 Å². The van der Waals surface area contributed by atoms with E-state index in [2.05, 4.69) is 51.2 Å². The van der Waals surface area contributed by atoms with Gasteiger partial charge in [-0.15, -0.1) is 0 Å². The number of nitrogens with two attached hydrogens (primary N) is 1. The molecule has 1 aromatic rings. The molecule has 0 aliphatic carbocycles. The van der Waals surface area contributed by atoms with Crippen molar-refractivity contribution in [2.24, 2.45) is 11.1 Å². The van der Waals surface area contributed by atoms with Crippen molar-refractivity contribution in [3.05, 3.63) is 34.9 Å². The average molecular weight is 234 g/mol. The van der Waals surface area contributed by atoms with Gasteiger partial charge in [0.15, 0.2) is 0 Å². The molecule has 0 saturated heterocycles. The van der Waals surface area contributed by atoms with Crippen molar-refractivity contribution >= 4 is 0 Å². The molecule has 0 saturated carbocycles. The molecular formula is C15H26N2. The van der Waals surface area contributed by atoms with Gasteiger partial charge in [0, 0.05) is 6.04 Å². The molecule has 2 nitrogen and oxygen atoms in total. The maximum atomic E-state index is 5.81. The van der Waals surface area contributed by atoms with E-state index in [1.807, 2.05) is 7.05 Å². The van der Waals surface area contributed by atoms with Crippen molar-refractivity contribution in [2.45, 2.75) is 40.2 Å². The van der Waals surface area contributed by atoms with E-state index in [-0.39, 0.29) is 5.41 Å². The topological polar surface area (TPSA) is 38.0 Å². The Hall–Kier alpha value is -0.860. The molecule has 1 atom stereocenters. The molecule has 1 aromatic carbocycles. The largest absolute Gasteiger partial charge is 0.330 e. The monoisotopic (exact) mass is 234 g/mol. The summed E-state index contributed by atoms with van der Waals surface area (Å²) in [4.78, 5) is 0. The Balaban J connectivity index is 2.90. The summed E-state index contributed by atoms with van der Waals surface area (Å²) in [6, 6.07) is 7.08. The van der Waals surface area contributed by atoms with E-state index in [1.54, 1.807) is 0 Å². The lowest BCUT2D eigenvalue weighted by molar-refractivity contribution is 0.299. The van der Waals surface area contributed by atoms with E-state index in [0.717, 1.165) is 13.0 Å². The highest BCUT2D eigenvalue weighted by Gasteiger charge is 2.22. The van der Waals surface area contributed by atoms with E-state index in [0.29, 0.717) is 6.04 Å². The van der Waals surface area contributed by atoms with Crippen LogP contribution in [-0.4, -0.2) is 13.6 Å². The van der Waals surface area contributed by atoms with Gasteiger partial charge in [-0.3, -0.25) is 0 Å². The predicted molar refractivity (Wildman–Crippen MR) is 75.2 cm³/mol. The fraction of sp³-hybridized carbons (Fsp3) is 0.600. The standard InChI is InChI=1S/C15H26N2/c1-11-6-7-13(8-12(11)2)14(17-5)9-15(3,4)10-16/h6-8,14,17H,9-10,16H2,1-5H3. The van der Waals surface area contributed by atoms with Crippen LogP contribution in [0.3, 0.4) is 0 Å². The second-order valence-corrected chi connectivity index (χ2v) is 5.76. The van der Waals surface area contributed by atoms with Crippen LogP contribution >= 0.6 is 0 Å². The summed E-state index contributed by atoms with van der Waals surface area (Å²) >= 11 is 0. The average Bonchev–Trinajstić information content (AvgIpc) is 2.30. The third kappa shape index (κ3) is 3.83. The predicted octanol–water partition coefficient (Wildman–Crippen LogP) is 2.94. The third-order valence-electron chi connectivity index (χ3n) is 3.59. The quantitative estimate of drug-likeness (QED) is 0.822. The highest BCUT2D eigenvalue weighted by atomic mass is 14.9. The smallest absolute Gasteiger partial charge is 0.0323 e. The molecular weight excluding hydrogens is 208 g/mol. The zero-order chi connectivity index (χ0) is 13.1. The van der Waals surface area contributed by atoms with Gasteiger partial charge >= 0.3 is 0 Å². The van der Waals surface area contributed by atoms with Crippen molar-refractivity contribution in [1.29, 1.82) is 0 Å². The van der Waals surface area contributed by atoms with E-state index < -0.39 is 0 Å². The summed E-state index contributed by atoms with van der Waals surface area (Å²) in [6.07, 6.45) is 1.06. The van der Waals surface area contributed by atoms with Gasteiger partial charge in [0.2, 0.25) is 0 Å². The van der Waals surface area contributed by atoms with Crippen LogP contribution in [0.2, 0.25) is 0 Å². The molecule has 0 radical (unpaired) electrons. The zero-order valence-corrected chi connectivity index (χ0v) is 11.8. The molecule has 0 aromatic heterocycles. The Labute approximate surface area is 106 Å². The van der Waals surface area contributed by atoms with Gasteiger partial charge in [0.1, 0.15) is 0 Å². The summed E-state index contributed by atoms with van der Waals surface area (Å²) in [5, 5.41) is 3.40. The molecule has 2 heteroatoms. The first-order valence-electron chi connectivity index (χ1n) is 6.34. The minimum atomic E-state index is 0.173. The normalized spacial score (nSPS) is 13.8. The van der Waals surface area contributed by atoms with Gasteiger partial charge in [-0.2, -0.15) is 0 Å². The molecule has 0 bridgehead atoms. The van der Waals surface area contributed by atoms with Crippen LogP contribution in [0, 0.1) is 19.3 Å². The molecule has 0 aliphatic heterocycles. The number of benzene rings is 1. The lowest BCUT2D eigenvalue weighted by atomic mass is 9.83. The molecule has 0 amide bonds. The maximum absolute atomic E-state index is 5.81. The number of nitrogens with one attached hydrogen (secondary N) is 1. The molecule has 96 valence electrons. The first-order valence-corrected chi connectivity index (χ1v) is 6.34. The second kappa shape index (κ2) is 5.65. The van der Waals surface area contributed by atoms with Crippen LogP contribution in [0.5, 0.6) is 0 Å². The Morgan fingerprint density at radius 1 is 1.24 bits per heavy atom. The summed E-state index contributed by atoms with van der Waals surface area (Å²) in [5.74, 6) is 0. The van der Waals surface area contributed by atoms with E-state index >= 15 is 0 Å². The number of hydrogen-bond donors (Lipinski definition) is 2. The van der Waals surface area contributed by atoms with Crippen LogP contribution < -0.4 is 11.1 Å². The van der Waals surface area contributed by atoms with Gasteiger partial charge in [0.25, 0.3) is 0 Å². The fourth-order valence-corrected chi connectivity index (χ4v) is 2.00. The molecule has 0 aliphatic rings. The summed E-state index contributed by atoms with van der Waals surface area (Å²) in [7, 11) is 2.02. The number of rotatable bonds is 5. The molecule has 1 unspecified atom stereocenters. The SMILES string of the molecule is CNC(CC(C)(C)CN)c1ccc(C)c(C)c1. The maximum Gasteiger partial charge on any atom is 0.0323 e. The van der Waals surface area contributed by atoms with Gasteiger partial charge in [0.05, 0.1) is 0 Å². The minimum Gasteiger partial charge on any atom is -0.330 e. The van der Waals surface area contributed by atoms with E-state index in [1.165, 1.54) is 16.7 Å². The molecule has 0 spiro atoms. The van der Waals surface area contributed by atoms with Crippen LogP contribution in [0.1, 0.15) is 43.0 Å². The number of hydrogen-bond acceptors (Lipinski definition) is 2. The van der Waals surface area contributed by atoms with Crippen LogP contribution in [-0.2, 0) is 0 Å². The molecule has 0 fully saturated rings. The van der Waals surface area contributed by atoms with E-state index in [9.17, 15) is 0 Å². The van der Waals surface area contributed by atoms with Crippen LogP contribution in [0.15, 0.2) is 18.2 Å². The summed E-state index contributed by atoms with van der Waals surface area (Å²) in [6.45, 7) is 9.48. The first kappa shape index (κ1) is 14.2. The highest BCUT2D eigenvalue weighted by molar-refractivity contribution is 5.31. The van der Waals surface area contributed by atoms with Crippen molar-refractivity contribution < 1.29 is 0 Å². The molecule has 17 heavy (non-hydrogen) atoms. The Kier molecular flexibility index (Phi) is 4.72. The number of aryl methyl sites for hydroxylation is 2. The zero-order valence-electron chi connectivity index (χ0n) is 11.8. The lowest BCUT2D eigenvalue weighted by Crippen LogP contribution is -2.30. The van der Waals surface area contributed by atoms with Crippen LogP contribution in [0.25, 0.3) is 0 Å². The van der Waals surface area contributed by atoms with Gasteiger partial charge < -0.3 is 11.1 Å². The summed E-state index contributed by atoms with van der Waals surface area (Å²) < 4.78 is 0. The van der Waals surface area contributed by atoms with Crippen molar-refractivity contribution in [1.82, 2.24) is 5.32 Å². The molecule has 3 N–H and O–H groups in total. The van der Waals surface area contributed by atoms with E-state index in [4.69, 9.17) is 5.73 Å². The lowest BCUT2D eigenvalue weighted by Gasteiger charge is -2.29. The van der Waals surface area contributed by atoms with Gasteiger partial charge in [-0.25, -0.2) is 0 Å². The fourth-order valence-electron chi connectivity index (χ4n) is 2.00.